The van der Waals surface area contributed by atoms with Gasteiger partial charge in [0, 0.05) is 17.4 Å². The topological polar surface area (TPSA) is 99.5 Å². The highest BCUT2D eigenvalue weighted by Crippen LogP contribution is 2.27. The summed E-state index contributed by atoms with van der Waals surface area (Å²) in [6.07, 6.45) is 7.33. The Morgan fingerprint density at radius 1 is 0.964 bits per heavy atom. The first kappa shape index (κ1) is 21.9. The van der Waals surface area contributed by atoms with Crippen LogP contribution in [0, 0.1) is 0 Å². The lowest BCUT2D eigenvalue weighted by Gasteiger charge is -2.14. The minimum atomic E-state index is -1.08. The summed E-state index contributed by atoms with van der Waals surface area (Å²) in [4.78, 5) is 23.3. The lowest BCUT2D eigenvalue weighted by molar-refractivity contribution is -0.143. The smallest absolute Gasteiger partial charge is 0.303 e. The fraction of sp³-hybridized carbons (Fsp3) is 0.381. The Morgan fingerprint density at radius 2 is 1.61 bits per heavy atom. The van der Waals surface area contributed by atoms with Crippen LogP contribution in [0.2, 0.25) is 5.02 Å². The molecule has 3 rings (SSSR count). The van der Waals surface area contributed by atoms with Crippen LogP contribution in [0.1, 0.15) is 35.1 Å². The summed E-state index contributed by atoms with van der Waals surface area (Å²) in [7, 11) is 0. The molecule has 0 saturated heterocycles. The second-order valence-corrected chi connectivity index (χ2v) is 6.96. The normalized spacial score (nSPS) is 12.9. The summed E-state index contributed by atoms with van der Waals surface area (Å²) < 4.78 is 0. The Kier molecular flexibility index (Phi) is 8.91. The number of carbonyl (C=O) groups is 2. The van der Waals surface area contributed by atoms with Gasteiger partial charge in [0.2, 0.25) is 0 Å². The van der Waals surface area contributed by atoms with E-state index in [1.807, 2.05) is 12.4 Å². The van der Waals surface area contributed by atoms with Crippen LogP contribution in [0.3, 0.4) is 0 Å². The number of carboxylic acid groups (broad SMARTS) is 2. The maximum absolute atomic E-state index is 9.64. The molecule has 0 spiro atoms. The highest BCUT2D eigenvalue weighted by atomic mass is 35.5. The first-order chi connectivity index (χ1) is 13.5. The van der Waals surface area contributed by atoms with E-state index in [4.69, 9.17) is 21.8 Å². The van der Waals surface area contributed by atoms with Gasteiger partial charge in [0.25, 0.3) is 0 Å². The van der Waals surface area contributed by atoms with Crippen molar-refractivity contribution in [2.45, 2.75) is 38.5 Å². The third-order valence-electron chi connectivity index (χ3n) is 4.56. The molecule has 150 valence electrons. The molecule has 7 heteroatoms. The molecule has 1 aliphatic rings. The van der Waals surface area contributed by atoms with Crippen molar-refractivity contribution in [3.63, 3.8) is 0 Å². The van der Waals surface area contributed by atoms with Gasteiger partial charge in [-0.3, -0.25) is 14.6 Å². The summed E-state index contributed by atoms with van der Waals surface area (Å²) in [5.74, 6) is -2.15. The van der Waals surface area contributed by atoms with Gasteiger partial charge >= 0.3 is 11.9 Å². The Hall–Kier alpha value is -2.44. The van der Waals surface area contributed by atoms with Crippen LogP contribution in [-0.2, 0) is 35.3 Å². The van der Waals surface area contributed by atoms with Gasteiger partial charge in [0.1, 0.15) is 0 Å². The molecule has 2 heterocycles. The van der Waals surface area contributed by atoms with E-state index in [1.54, 1.807) is 0 Å². The van der Waals surface area contributed by atoms with E-state index < -0.39 is 11.9 Å². The summed E-state index contributed by atoms with van der Waals surface area (Å²) >= 11 is 6.45. The standard InChI is InChI=1S/C17H19ClN2.C4H6O4/c18-17-4-2-14-7-11-20-12-8-15(14)16(17)3-1-13-5-9-19-10-6-13;5-3(6)1-2-4(7)8/h2,4-6,9-10,20H,1,3,7-8,11-12H2;1-2H2,(H,5,6)(H,7,8). The van der Waals surface area contributed by atoms with E-state index in [0.717, 1.165) is 43.8 Å². The first-order valence-corrected chi connectivity index (χ1v) is 9.67. The van der Waals surface area contributed by atoms with Gasteiger partial charge in [0.05, 0.1) is 12.8 Å². The number of aliphatic carboxylic acids is 2. The molecule has 2 aromatic rings. The van der Waals surface area contributed by atoms with Crippen LogP contribution in [-0.4, -0.2) is 40.2 Å². The van der Waals surface area contributed by atoms with Crippen molar-refractivity contribution in [1.82, 2.24) is 10.3 Å². The Bertz CT molecular complexity index is 782. The Morgan fingerprint density at radius 3 is 2.25 bits per heavy atom. The van der Waals surface area contributed by atoms with Crippen molar-refractivity contribution < 1.29 is 19.8 Å². The zero-order valence-corrected chi connectivity index (χ0v) is 16.4. The molecule has 28 heavy (non-hydrogen) atoms. The fourth-order valence-corrected chi connectivity index (χ4v) is 3.39. The Balaban J connectivity index is 0.000000300. The molecule has 0 fully saturated rings. The third-order valence-corrected chi connectivity index (χ3v) is 4.91. The molecule has 0 radical (unpaired) electrons. The van der Waals surface area contributed by atoms with Crippen LogP contribution in [0.4, 0.5) is 0 Å². The molecule has 1 aliphatic heterocycles. The summed E-state index contributed by atoms with van der Waals surface area (Å²) in [5.41, 5.74) is 5.59. The van der Waals surface area contributed by atoms with Gasteiger partial charge in [-0.2, -0.15) is 0 Å². The van der Waals surface area contributed by atoms with Gasteiger partial charge < -0.3 is 15.5 Å². The van der Waals surface area contributed by atoms with E-state index in [0.29, 0.717) is 0 Å². The first-order valence-electron chi connectivity index (χ1n) is 9.29. The molecule has 0 unspecified atom stereocenters. The van der Waals surface area contributed by atoms with Crippen LogP contribution < -0.4 is 5.32 Å². The van der Waals surface area contributed by atoms with E-state index in [1.165, 1.54) is 22.3 Å². The van der Waals surface area contributed by atoms with E-state index >= 15 is 0 Å². The number of pyridine rings is 1. The molecule has 0 saturated carbocycles. The molecule has 3 N–H and O–H groups in total. The van der Waals surface area contributed by atoms with Crippen molar-refractivity contribution in [2.75, 3.05) is 13.1 Å². The third kappa shape index (κ3) is 7.29. The summed E-state index contributed by atoms with van der Waals surface area (Å²) in [6, 6.07) is 8.42. The average Bonchev–Trinajstić information content (AvgIpc) is 2.92. The number of hydrogen-bond donors (Lipinski definition) is 3. The van der Waals surface area contributed by atoms with Crippen molar-refractivity contribution in [1.29, 1.82) is 0 Å². The minimum Gasteiger partial charge on any atom is -0.481 e. The number of carboxylic acids is 2. The number of hydrogen-bond acceptors (Lipinski definition) is 4. The van der Waals surface area contributed by atoms with Crippen LogP contribution in [0.25, 0.3) is 0 Å². The van der Waals surface area contributed by atoms with E-state index in [-0.39, 0.29) is 12.8 Å². The van der Waals surface area contributed by atoms with Gasteiger partial charge in [0.15, 0.2) is 0 Å². The predicted octanol–water partition coefficient (Wildman–Crippen LogP) is 3.14. The van der Waals surface area contributed by atoms with Crippen molar-refractivity contribution >= 4 is 23.5 Å². The zero-order valence-electron chi connectivity index (χ0n) is 15.7. The maximum atomic E-state index is 9.64. The summed E-state index contributed by atoms with van der Waals surface area (Å²) in [6.45, 7) is 2.12. The number of aryl methyl sites for hydroxylation is 1. The lowest BCUT2D eigenvalue weighted by atomic mass is 9.93. The van der Waals surface area contributed by atoms with Gasteiger partial charge in [-0.15, -0.1) is 0 Å². The molecule has 0 atom stereocenters. The SMILES string of the molecule is Clc1ccc2c(c1CCc1ccncc1)CCNCC2.O=C(O)CCC(=O)O. The largest absolute Gasteiger partial charge is 0.481 e. The second kappa shape index (κ2) is 11.4. The summed E-state index contributed by atoms with van der Waals surface area (Å²) in [5, 5.41) is 20.2. The van der Waals surface area contributed by atoms with Crippen molar-refractivity contribution in [3.8, 4) is 0 Å². The van der Waals surface area contributed by atoms with Crippen molar-refractivity contribution in [2.24, 2.45) is 0 Å². The lowest BCUT2D eigenvalue weighted by Crippen LogP contribution is -2.16. The highest BCUT2D eigenvalue weighted by molar-refractivity contribution is 6.31. The quantitative estimate of drug-likeness (QED) is 0.684. The number of nitrogens with one attached hydrogen (secondary N) is 1. The molecule has 0 bridgehead atoms. The predicted molar refractivity (Wildman–Crippen MR) is 108 cm³/mol. The number of benzene rings is 1. The molecule has 1 aromatic carbocycles. The van der Waals surface area contributed by atoms with Gasteiger partial charge in [-0.25, -0.2) is 0 Å². The average molecular weight is 405 g/mol. The molecule has 6 nitrogen and oxygen atoms in total. The molecule has 0 amide bonds. The van der Waals surface area contributed by atoms with Crippen LogP contribution in [0.5, 0.6) is 0 Å². The monoisotopic (exact) mass is 404 g/mol. The van der Waals surface area contributed by atoms with E-state index in [2.05, 4.69) is 34.6 Å². The van der Waals surface area contributed by atoms with Crippen LogP contribution >= 0.6 is 11.6 Å². The van der Waals surface area contributed by atoms with Crippen molar-refractivity contribution in [3.05, 3.63) is 63.9 Å². The van der Waals surface area contributed by atoms with E-state index in [9.17, 15) is 9.59 Å². The molecule has 0 aliphatic carbocycles. The zero-order chi connectivity index (χ0) is 20.4. The fourth-order valence-electron chi connectivity index (χ4n) is 3.12. The van der Waals surface area contributed by atoms with Gasteiger partial charge in [-0.1, -0.05) is 17.7 Å². The number of nitrogens with zero attached hydrogens (tertiary/aromatic N) is 1. The molecular weight excluding hydrogens is 380 g/mol. The Labute approximate surface area is 169 Å². The van der Waals surface area contributed by atoms with Crippen LogP contribution in [0.15, 0.2) is 36.7 Å². The maximum Gasteiger partial charge on any atom is 0.303 e. The number of fused-ring (bicyclic) bond motifs is 1. The molecular formula is C21H25ClN2O4. The van der Waals surface area contributed by atoms with Gasteiger partial charge in [-0.05, 0) is 79.2 Å². The highest BCUT2D eigenvalue weighted by Gasteiger charge is 2.14. The number of rotatable bonds is 6. The number of halogens is 1. The minimum absolute atomic E-state index is 0.296. The second-order valence-electron chi connectivity index (χ2n) is 6.56. The molecule has 1 aromatic heterocycles. The number of aromatic nitrogens is 1.